The van der Waals surface area contributed by atoms with Gasteiger partial charge in [0, 0.05) is 24.6 Å². The molecule has 19 heavy (non-hydrogen) atoms. The van der Waals surface area contributed by atoms with Crippen molar-refractivity contribution in [2.24, 2.45) is 0 Å². The van der Waals surface area contributed by atoms with E-state index in [1.165, 1.54) is 11.1 Å². The van der Waals surface area contributed by atoms with Gasteiger partial charge in [-0.3, -0.25) is 0 Å². The lowest BCUT2D eigenvalue weighted by molar-refractivity contribution is -0.00436. The third kappa shape index (κ3) is 2.63. The molecular weight excluding hydrogens is 238 g/mol. The van der Waals surface area contributed by atoms with Gasteiger partial charge in [-0.2, -0.15) is 0 Å². The predicted octanol–water partition coefficient (Wildman–Crippen LogP) is 2.98. The first-order chi connectivity index (χ1) is 9.28. The molecule has 0 saturated carbocycles. The number of nitrogens with one attached hydrogen (secondary N) is 1. The van der Waals surface area contributed by atoms with Crippen LogP contribution < -0.4 is 10.1 Å². The van der Waals surface area contributed by atoms with Crippen molar-refractivity contribution >= 4 is 0 Å². The van der Waals surface area contributed by atoms with Crippen molar-refractivity contribution < 1.29 is 9.47 Å². The number of rotatable bonds is 3. The Morgan fingerprint density at radius 2 is 2.21 bits per heavy atom. The average molecular weight is 261 g/mol. The smallest absolute Gasteiger partial charge is 0.127 e. The van der Waals surface area contributed by atoms with Crippen molar-refractivity contribution in [3.63, 3.8) is 0 Å². The van der Waals surface area contributed by atoms with E-state index in [0.717, 1.165) is 38.2 Å². The lowest BCUT2D eigenvalue weighted by Gasteiger charge is -2.35. The van der Waals surface area contributed by atoms with Crippen LogP contribution in [0.1, 0.15) is 43.4 Å². The molecule has 1 aromatic carbocycles. The van der Waals surface area contributed by atoms with E-state index in [1.54, 1.807) is 0 Å². The molecule has 2 aliphatic rings. The number of aryl methyl sites for hydroxylation is 1. The van der Waals surface area contributed by atoms with Crippen LogP contribution in [0.2, 0.25) is 0 Å². The SMILES string of the molecule is CCNC1CC(C2CCCO2)Oc2ccc(C)cc21. The minimum absolute atomic E-state index is 0.196. The first-order valence-corrected chi connectivity index (χ1v) is 7.40. The molecule has 1 aromatic rings. The third-order valence-electron chi connectivity index (χ3n) is 4.12. The van der Waals surface area contributed by atoms with Crippen LogP contribution in [0.3, 0.4) is 0 Å². The fourth-order valence-electron chi connectivity index (χ4n) is 3.18. The molecule has 3 unspecified atom stereocenters. The van der Waals surface area contributed by atoms with Crippen LogP contribution in [-0.4, -0.2) is 25.4 Å². The lowest BCUT2D eigenvalue weighted by atomic mass is 9.92. The van der Waals surface area contributed by atoms with Gasteiger partial charge in [-0.1, -0.05) is 24.6 Å². The molecule has 1 saturated heterocycles. The second-order valence-electron chi connectivity index (χ2n) is 5.60. The van der Waals surface area contributed by atoms with Crippen molar-refractivity contribution in [1.29, 1.82) is 0 Å². The maximum absolute atomic E-state index is 6.18. The Labute approximate surface area is 115 Å². The van der Waals surface area contributed by atoms with Crippen molar-refractivity contribution in [1.82, 2.24) is 5.32 Å². The molecule has 2 heterocycles. The highest BCUT2D eigenvalue weighted by molar-refractivity contribution is 5.41. The van der Waals surface area contributed by atoms with E-state index < -0.39 is 0 Å². The zero-order valence-electron chi connectivity index (χ0n) is 11.8. The molecule has 104 valence electrons. The Bertz CT molecular complexity index is 440. The molecule has 1 fully saturated rings. The van der Waals surface area contributed by atoms with E-state index >= 15 is 0 Å². The van der Waals surface area contributed by atoms with Crippen LogP contribution in [0.5, 0.6) is 5.75 Å². The van der Waals surface area contributed by atoms with E-state index in [2.05, 4.69) is 37.4 Å². The normalized spacial score (nSPS) is 29.9. The minimum atomic E-state index is 0.196. The summed E-state index contributed by atoms with van der Waals surface area (Å²) in [5.74, 6) is 1.03. The summed E-state index contributed by atoms with van der Waals surface area (Å²) >= 11 is 0. The van der Waals surface area contributed by atoms with E-state index in [1.807, 2.05) is 0 Å². The topological polar surface area (TPSA) is 30.5 Å². The van der Waals surface area contributed by atoms with Crippen molar-refractivity contribution in [3.05, 3.63) is 29.3 Å². The van der Waals surface area contributed by atoms with Crippen molar-refractivity contribution in [2.45, 2.75) is 51.4 Å². The fourth-order valence-corrected chi connectivity index (χ4v) is 3.18. The van der Waals surface area contributed by atoms with E-state index in [0.29, 0.717) is 6.04 Å². The number of hydrogen-bond donors (Lipinski definition) is 1. The van der Waals surface area contributed by atoms with E-state index in [9.17, 15) is 0 Å². The summed E-state index contributed by atoms with van der Waals surface area (Å²) in [6.45, 7) is 6.16. The largest absolute Gasteiger partial charge is 0.487 e. The predicted molar refractivity (Wildman–Crippen MR) is 75.6 cm³/mol. The summed E-state index contributed by atoms with van der Waals surface area (Å²) in [6.07, 6.45) is 3.77. The molecule has 2 aliphatic heterocycles. The Balaban J connectivity index is 1.85. The number of fused-ring (bicyclic) bond motifs is 1. The minimum Gasteiger partial charge on any atom is -0.487 e. The molecule has 3 rings (SSSR count). The molecular formula is C16H23NO2. The summed E-state index contributed by atoms with van der Waals surface area (Å²) in [7, 11) is 0. The summed E-state index contributed by atoms with van der Waals surface area (Å²) in [5.41, 5.74) is 2.59. The van der Waals surface area contributed by atoms with Gasteiger partial charge < -0.3 is 14.8 Å². The third-order valence-corrected chi connectivity index (χ3v) is 4.12. The molecule has 0 radical (unpaired) electrons. The summed E-state index contributed by atoms with van der Waals surface area (Å²) < 4.78 is 12.0. The zero-order chi connectivity index (χ0) is 13.2. The molecule has 0 spiro atoms. The summed E-state index contributed by atoms with van der Waals surface area (Å²) in [5, 5.41) is 3.59. The van der Waals surface area contributed by atoms with Crippen LogP contribution in [0.15, 0.2) is 18.2 Å². The highest BCUT2D eigenvalue weighted by Crippen LogP contribution is 2.38. The van der Waals surface area contributed by atoms with Gasteiger partial charge in [0.15, 0.2) is 0 Å². The first-order valence-electron chi connectivity index (χ1n) is 7.40. The van der Waals surface area contributed by atoms with Crippen LogP contribution in [0.25, 0.3) is 0 Å². The van der Waals surface area contributed by atoms with Gasteiger partial charge in [0.05, 0.1) is 6.10 Å². The summed E-state index contributed by atoms with van der Waals surface area (Å²) in [4.78, 5) is 0. The monoisotopic (exact) mass is 261 g/mol. The first kappa shape index (κ1) is 12.9. The lowest BCUT2D eigenvalue weighted by Crippen LogP contribution is -2.39. The second-order valence-corrected chi connectivity index (χ2v) is 5.60. The average Bonchev–Trinajstić information content (AvgIpc) is 2.93. The molecule has 3 heteroatoms. The van der Waals surface area contributed by atoms with E-state index in [-0.39, 0.29) is 12.2 Å². The quantitative estimate of drug-likeness (QED) is 0.907. The highest BCUT2D eigenvalue weighted by Gasteiger charge is 2.35. The maximum Gasteiger partial charge on any atom is 0.127 e. The van der Waals surface area contributed by atoms with Crippen LogP contribution in [0, 0.1) is 6.92 Å². The van der Waals surface area contributed by atoms with Gasteiger partial charge in [-0.05, 0) is 32.4 Å². The number of hydrogen-bond acceptors (Lipinski definition) is 3. The van der Waals surface area contributed by atoms with Gasteiger partial charge in [-0.25, -0.2) is 0 Å². The fraction of sp³-hybridized carbons (Fsp3) is 0.625. The van der Waals surface area contributed by atoms with Crippen LogP contribution >= 0.6 is 0 Å². The molecule has 3 nitrogen and oxygen atoms in total. The second kappa shape index (κ2) is 5.51. The van der Waals surface area contributed by atoms with Gasteiger partial charge >= 0.3 is 0 Å². The molecule has 1 N–H and O–H groups in total. The zero-order valence-corrected chi connectivity index (χ0v) is 11.8. The Morgan fingerprint density at radius 3 is 2.95 bits per heavy atom. The Morgan fingerprint density at radius 1 is 1.32 bits per heavy atom. The molecule has 0 amide bonds. The van der Waals surface area contributed by atoms with E-state index in [4.69, 9.17) is 9.47 Å². The molecule has 0 bridgehead atoms. The van der Waals surface area contributed by atoms with Crippen molar-refractivity contribution in [2.75, 3.05) is 13.2 Å². The van der Waals surface area contributed by atoms with Gasteiger partial charge in [0.1, 0.15) is 11.9 Å². The van der Waals surface area contributed by atoms with Gasteiger partial charge in [-0.15, -0.1) is 0 Å². The van der Waals surface area contributed by atoms with Gasteiger partial charge in [0.2, 0.25) is 0 Å². The van der Waals surface area contributed by atoms with Crippen molar-refractivity contribution in [3.8, 4) is 5.75 Å². The standard InChI is InChI=1S/C16H23NO2/c1-3-17-13-10-16(15-5-4-8-18-15)19-14-7-6-11(2)9-12(13)14/h6-7,9,13,15-17H,3-5,8,10H2,1-2H3. The van der Waals surface area contributed by atoms with Crippen LogP contribution in [0.4, 0.5) is 0 Å². The summed E-state index contributed by atoms with van der Waals surface area (Å²) in [6, 6.07) is 6.87. The molecule has 3 atom stereocenters. The molecule has 0 aliphatic carbocycles. The maximum atomic E-state index is 6.18. The Hall–Kier alpha value is -1.06. The highest BCUT2D eigenvalue weighted by atomic mass is 16.5. The number of ether oxygens (including phenoxy) is 2. The van der Waals surface area contributed by atoms with Crippen LogP contribution in [-0.2, 0) is 4.74 Å². The Kier molecular flexibility index (Phi) is 3.76. The molecule has 0 aromatic heterocycles. The van der Waals surface area contributed by atoms with Gasteiger partial charge in [0.25, 0.3) is 0 Å². The number of benzene rings is 1.